The second kappa shape index (κ2) is 8.10. The quantitative estimate of drug-likeness (QED) is 0.748. The van der Waals surface area contributed by atoms with E-state index in [1.54, 1.807) is 17.0 Å². The molecule has 1 aromatic carbocycles. The number of halogens is 1. The SMILES string of the molecule is CC(C)CS(=O)(=O)CCC(=O)N(CC(C)(C)C)c1ccc(F)cc1. The highest BCUT2D eigenvalue weighted by Gasteiger charge is 2.24. The van der Waals surface area contributed by atoms with E-state index in [0.29, 0.717) is 12.2 Å². The number of carbonyl (C=O) groups is 1. The van der Waals surface area contributed by atoms with Gasteiger partial charge in [-0.05, 0) is 35.6 Å². The molecule has 0 N–H and O–H groups in total. The van der Waals surface area contributed by atoms with Crippen LogP contribution in [0.3, 0.4) is 0 Å². The number of sulfone groups is 1. The largest absolute Gasteiger partial charge is 0.312 e. The van der Waals surface area contributed by atoms with Crippen molar-refractivity contribution in [2.24, 2.45) is 11.3 Å². The average Bonchev–Trinajstić information content (AvgIpc) is 2.41. The Morgan fingerprint density at radius 3 is 2.17 bits per heavy atom. The smallest absolute Gasteiger partial charge is 0.228 e. The van der Waals surface area contributed by atoms with Crippen molar-refractivity contribution in [3.8, 4) is 0 Å². The molecule has 0 bridgehead atoms. The second-order valence-electron chi connectivity index (χ2n) is 7.78. The molecule has 0 aliphatic rings. The molecule has 0 fully saturated rings. The lowest BCUT2D eigenvalue weighted by Crippen LogP contribution is -2.38. The third kappa shape index (κ3) is 7.43. The fourth-order valence-corrected chi connectivity index (χ4v) is 4.06. The Balaban J connectivity index is 2.90. The zero-order valence-electron chi connectivity index (χ0n) is 15.2. The Morgan fingerprint density at radius 2 is 1.71 bits per heavy atom. The minimum atomic E-state index is -3.25. The molecular formula is C18H28FNO3S. The van der Waals surface area contributed by atoms with Gasteiger partial charge in [0, 0.05) is 18.7 Å². The van der Waals surface area contributed by atoms with Crippen LogP contribution in [0.15, 0.2) is 24.3 Å². The van der Waals surface area contributed by atoms with Crippen molar-refractivity contribution in [2.75, 3.05) is 23.0 Å². The van der Waals surface area contributed by atoms with Crippen molar-refractivity contribution >= 4 is 21.4 Å². The van der Waals surface area contributed by atoms with Crippen LogP contribution in [-0.2, 0) is 14.6 Å². The summed E-state index contributed by atoms with van der Waals surface area (Å²) in [4.78, 5) is 14.2. The number of carbonyl (C=O) groups excluding carboxylic acids is 1. The molecule has 0 saturated carbocycles. The van der Waals surface area contributed by atoms with E-state index in [1.165, 1.54) is 12.1 Å². The van der Waals surface area contributed by atoms with E-state index in [4.69, 9.17) is 0 Å². The normalized spacial score (nSPS) is 12.5. The zero-order valence-corrected chi connectivity index (χ0v) is 16.0. The molecular weight excluding hydrogens is 329 g/mol. The zero-order chi connectivity index (χ0) is 18.5. The maximum atomic E-state index is 13.1. The van der Waals surface area contributed by atoms with Crippen molar-refractivity contribution in [1.29, 1.82) is 0 Å². The summed E-state index contributed by atoms with van der Waals surface area (Å²) in [6.07, 6.45) is -0.0670. The van der Waals surface area contributed by atoms with Crippen LogP contribution in [0.4, 0.5) is 10.1 Å². The van der Waals surface area contributed by atoms with Crippen molar-refractivity contribution in [3.63, 3.8) is 0 Å². The molecule has 136 valence electrons. The van der Waals surface area contributed by atoms with E-state index in [-0.39, 0.29) is 41.0 Å². The molecule has 0 unspecified atom stereocenters. The van der Waals surface area contributed by atoms with Gasteiger partial charge in [-0.25, -0.2) is 12.8 Å². The fourth-order valence-electron chi connectivity index (χ4n) is 2.39. The molecule has 0 aliphatic heterocycles. The van der Waals surface area contributed by atoms with Gasteiger partial charge in [0.2, 0.25) is 5.91 Å². The van der Waals surface area contributed by atoms with Crippen LogP contribution in [0.25, 0.3) is 0 Å². The summed E-state index contributed by atoms with van der Waals surface area (Å²) in [6, 6.07) is 5.69. The minimum Gasteiger partial charge on any atom is -0.312 e. The summed E-state index contributed by atoms with van der Waals surface area (Å²) in [5.41, 5.74) is 0.415. The third-order valence-corrected chi connectivity index (χ3v) is 5.29. The molecule has 0 atom stereocenters. The third-order valence-electron chi connectivity index (χ3n) is 3.29. The Morgan fingerprint density at radius 1 is 1.17 bits per heavy atom. The first-order valence-electron chi connectivity index (χ1n) is 8.16. The Labute approximate surface area is 145 Å². The molecule has 4 nitrogen and oxygen atoms in total. The second-order valence-corrected chi connectivity index (χ2v) is 10.0. The van der Waals surface area contributed by atoms with Gasteiger partial charge in [0.25, 0.3) is 0 Å². The number of nitrogens with zero attached hydrogens (tertiary/aromatic N) is 1. The van der Waals surface area contributed by atoms with E-state index in [9.17, 15) is 17.6 Å². The molecule has 0 heterocycles. The maximum absolute atomic E-state index is 13.1. The van der Waals surface area contributed by atoms with Crippen LogP contribution in [-0.4, -0.2) is 32.4 Å². The molecule has 0 aromatic heterocycles. The Hall–Kier alpha value is -1.43. The first-order chi connectivity index (χ1) is 10.9. The molecule has 6 heteroatoms. The van der Waals surface area contributed by atoms with Gasteiger partial charge in [-0.15, -0.1) is 0 Å². The summed E-state index contributed by atoms with van der Waals surface area (Å²) in [5.74, 6) is -0.680. The maximum Gasteiger partial charge on any atom is 0.228 e. The summed E-state index contributed by atoms with van der Waals surface area (Å²) in [7, 11) is -3.25. The van der Waals surface area contributed by atoms with Crippen LogP contribution in [0.1, 0.15) is 41.0 Å². The lowest BCUT2D eigenvalue weighted by atomic mass is 9.95. The van der Waals surface area contributed by atoms with E-state index in [0.717, 1.165) is 0 Å². The molecule has 0 spiro atoms. The van der Waals surface area contributed by atoms with Crippen molar-refractivity contribution < 1.29 is 17.6 Å². The van der Waals surface area contributed by atoms with Gasteiger partial charge < -0.3 is 4.90 Å². The predicted octanol–water partition coefficient (Wildman–Crippen LogP) is 3.67. The topological polar surface area (TPSA) is 54.5 Å². The summed E-state index contributed by atoms with van der Waals surface area (Å²) < 4.78 is 37.2. The lowest BCUT2D eigenvalue weighted by molar-refractivity contribution is -0.118. The number of rotatable bonds is 7. The van der Waals surface area contributed by atoms with Gasteiger partial charge in [0.15, 0.2) is 9.84 Å². The Bertz CT molecular complexity index is 646. The first kappa shape index (κ1) is 20.6. The van der Waals surface area contributed by atoms with Crippen molar-refractivity contribution in [2.45, 2.75) is 41.0 Å². The average molecular weight is 357 g/mol. The summed E-state index contributed by atoms with van der Waals surface area (Å²) in [5, 5.41) is 0. The highest BCUT2D eigenvalue weighted by Crippen LogP contribution is 2.23. The summed E-state index contributed by atoms with van der Waals surface area (Å²) >= 11 is 0. The van der Waals surface area contributed by atoms with Gasteiger partial charge in [-0.3, -0.25) is 4.79 Å². The fraction of sp³-hybridized carbons (Fsp3) is 0.611. The van der Waals surface area contributed by atoms with E-state index in [2.05, 4.69) is 0 Å². The number of hydrogen-bond acceptors (Lipinski definition) is 3. The molecule has 0 saturated heterocycles. The standard InChI is InChI=1S/C18H28FNO3S/c1-14(2)12-24(22,23)11-10-17(21)20(13-18(3,4)5)16-8-6-15(19)7-9-16/h6-9,14H,10-13H2,1-5H3. The van der Waals surface area contributed by atoms with E-state index < -0.39 is 9.84 Å². The van der Waals surface area contributed by atoms with Crippen LogP contribution >= 0.6 is 0 Å². The first-order valence-corrected chi connectivity index (χ1v) is 9.98. The predicted molar refractivity (Wildman–Crippen MR) is 96.3 cm³/mol. The molecule has 1 aromatic rings. The minimum absolute atomic E-state index is 0.0351. The van der Waals surface area contributed by atoms with Crippen LogP contribution < -0.4 is 4.90 Å². The highest BCUT2D eigenvalue weighted by atomic mass is 32.2. The molecule has 24 heavy (non-hydrogen) atoms. The van der Waals surface area contributed by atoms with Crippen LogP contribution in [0, 0.1) is 17.2 Å². The van der Waals surface area contributed by atoms with E-state index in [1.807, 2.05) is 34.6 Å². The van der Waals surface area contributed by atoms with Gasteiger partial charge in [0.05, 0.1) is 11.5 Å². The van der Waals surface area contributed by atoms with Crippen molar-refractivity contribution in [3.05, 3.63) is 30.1 Å². The van der Waals surface area contributed by atoms with Gasteiger partial charge in [-0.2, -0.15) is 0 Å². The monoisotopic (exact) mass is 357 g/mol. The number of anilines is 1. The lowest BCUT2D eigenvalue weighted by Gasteiger charge is -2.30. The van der Waals surface area contributed by atoms with Gasteiger partial charge in [-0.1, -0.05) is 34.6 Å². The van der Waals surface area contributed by atoms with Gasteiger partial charge in [0.1, 0.15) is 5.82 Å². The molecule has 0 aliphatic carbocycles. The molecule has 1 rings (SSSR count). The number of benzene rings is 1. The molecule has 0 radical (unpaired) electrons. The van der Waals surface area contributed by atoms with Crippen molar-refractivity contribution in [1.82, 2.24) is 0 Å². The van der Waals surface area contributed by atoms with E-state index >= 15 is 0 Å². The Kier molecular flexibility index (Phi) is 6.96. The summed E-state index contributed by atoms with van der Waals surface area (Å²) in [6.45, 7) is 10.1. The van der Waals surface area contributed by atoms with Crippen LogP contribution in [0.2, 0.25) is 0 Å². The number of hydrogen-bond donors (Lipinski definition) is 0. The highest BCUT2D eigenvalue weighted by molar-refractivity contribution is 7.91. The molecule has 1 amide bonds. The van der Waals surface area contributed by atoms with Gasteiger partial charge >= 0.3 is 0 Å². The number of amides is 1. The van der Waals surface area contributed by atoms with Crippen LogP contribution in [0.5, 0.6) is 0 Å².